The lowest BCUT2D eigenvalue weighted by Crippen LogP contribution is -2.56. The number of rotatable bonds is 3. The van der Waals surface area contributed by atoms with Crippen LogP contribution in [0.25, 0.3) is 0 Å². The standard InChI is InChI=1S/C16H27NO/c18-15(14-8-2-3-9-14)16(10-4-5-11-16)17-12-6-1-7-13-17/h14H,1-13H2. The quantitative estimate of drug-likeness (QED) is 0.762. The molecule has 1 aliphatic heterocycles. The summed E-state index contributed by atoms with van der Waals surface area (Å²) in [6, 6.07) is 0. The fraction of sp³-hybridized carbons (Fsp3) is 0.938. The van der Waals surface area contributed by atoms with Crippen molar-refractivity contribution in [1.29, 1.82) is 0 Å². The Kier molecular flexibility index (Phi) is 3.74. The van der Waals surface area contributed by atoms with E-state index in [1.165, 1.54) is 70.9 Å². The summed E-state index contributed by atoms with van der Waals surface area (Å²) < 4.78 is 0. The predicted octanol–water partition coefficient (Wildman–Crippen LogP) is 3.54. The van der Waals surface area contributed by atoms with Crippen LogP contribution in [0.4, 0.5) is 0 Å². The molecule has 1 heterocycles. The highest BCUT2D eigenvalue weighted by atomic mass is 16.1. The largest absolute Gasteiger partial charge is 0.297 e. The maximum absolute atomic E-state index is 13.0. The van der Waals surface area contributed by atoms with Gasteiger partial charge >= 0.3 is 0 Å². The van der Waals surface area contributed by atoms with Crippen molar-refractivity contribution in [3.8, 4) is 0 Å². The zero-order valence-corrected chi connectivity index (χ0v) is 11.6. The molecule has 0 unspecified atom stereocenters. The van der Waals surface area contributed by atoms with Gasteiger partial charge in [-0.05, 0) is 51.6 Å². The second-order valence-corrected chi connectivity index (χ2v) is 6.63. The molecular formula is C16H27NO. The minimum Gasteiger partial charge on any atom is -0.297 e. The topological polar surface area (TPSA) is 20.3 Å². The SMILES string of the molecule is O=C(C1CCCC1)C1(N2CCCCC2)CCCC1. The van der Waals surface area contributed by atoms with Crippen LogP contribution in [0.1, 0.15) is 70.6 Å². The minimum atomic E-state index is -0.0184. The fourth-order valence-electron chi connectivity index (χ4n) is 4.57. The molecule has 0 bridgehead atoms. The first kappa shape index (κ1) is 12.7. The third-order valence-electron chi connectivity index (χ3n) is 5.58. The van der Waals surface area contributed by atoms with Crippen LogP contribution in [0.3, 0.4) is 0 Å². The second kappa shape index (κ2) is 5.32. The van der Waals surface area contributed by atoms with Crippen LogP contribution in [0.2, 0.25) is 0 Å². The van der Waals surface area contributed by atoms with Gasteiger partial charge in [0.25, 0.3) is 0 Å². The minimum absolute atomic E-state index is 0.0184. The van der Waals surface area contributed by atoms with Gasteiger partial charge in [0.15, 0.2) is 5.78 Å². The predicted molar refractivity (Wildman–Crippen MR) is 73.6 cm³/mol. The monoisotopic (exact) mass is 249 g/mol. The molecule has 0 N–H and O–H groups in total. The first-order valence-corrected chi connectivity index (χ1v) is 8.12. The molecule has 3 rings (SSSR count). The Labute approximate surface area is 111 Å². The summed E-state index contributed by atoms with van der Waals surface area (Å²) in [5.74, 6) is 1.05. The Morgan fingerprint density at radius 2 is 1.44 bits per heavy atom. The van der Waals surface area contributed by atoms with Crippen molar-refractivity contribution in [2.75, 3.05) is 13.1 Å². The summed E-state index contributed by atoms with van der Waals surface area (Å²) in [6.45, 7) is 2.36. The molecule has 3 fully saturated rings. The van der Waals surface area contributed by atoms with E-state index in [0.717, 1.165) is 12.8 Å². The second-order valence-electron chi connectivity index (χ2n) is 6.63. The number of piperidine rings is 1. The first-order valence-electron chi connectivity index (χ1n) is 8.12. The van der Waals surface area contributed by atoms with Gasteiger partial charge in [-0.3, -0.25) is 9.69 Å². The van der Waals surface area contributed by atoms with Crippen LogP contribution < -0.4 is 0 Å². The maximum Gasteiger partial charge on any atom is 0.156 e. The number of ketones is 1. The molecule has 2 saturated carbocycles. The van der Waals surface area contributed by atoms with Crippen molar-refractivity contribution in [3.63, 3.8) is 0 Å². The van der Waals surface area contributed by atoms with E-state index >= 15 is 0 Å². The van der Waals surface area contributed by atoms with E-state index in [0.29, 0.717) is 11.7 Å². The maximum atomic E-state index is 13.0. The third-order valence-corrected chi connectivity index (χ3v) is 5.58. The van der Waals surface area contributed by atoms with E-state index in [2.05, 4.69) is 4.90 Å². The smallest absolute Gasteiger partial charge is 0.156 e. The molecule has 0 spiro atoms. The van der Waals surface area contributed by atoms with Gasteiger partial charge in [0.2, 0.25) is 0 Å². The van der Waals surface area contributed by atoms with Crippen LogP contribution in [-0.2, 0) is 4.79 Å². The van der Waals surface area contributed by atoms with Gasteiger partial charge in [0.1, 0.15) is 0 Å². The lowest BCUT2D eigenvalue weighted by molar-refractivity contribution is -0.136. The molecular weight excluding hydrogens is 222 g/mol. The van der Waals surface area contributed by atoms with Gasteiger partial charge in [-0.1, -0.05) is 32.1 Å². The molecule has 102 valence electrons. The Morgan fingerprint density at radius 3 is 2.06 bits per heavy atom. The van der Waals surface area contributed by atoms with E-state index in [1.807, 2.05) is 0 Å². The van der Waals surface area contributed by atoms with Crippen molar-refractivity contribution in [2.24, 2.45) is 5.92 Å². The number of hydrogen-bond acceptors (Lipinski definition) is 2. The molecule has 2 nitrogen and oxygen atoms in total. The normalized spacial score (nSPS) is 29.8. The van der Waals surface area contributed by atoms with Crippen LogP contribution in [0.15, 0.2) is 0 Å². The highest BCUT2D eigenvalue weighted by molar-refractivity contribution is 5.91. The van der Waals surface area contributed by atoms with Crippen LogP contribution >= 0.6 is 0 Å². The molecule has 0 amide bonds. The summed E-state index contributed by atoms with van der Waals surface area (Å²) in [5.41, 5.74) is -0.0184. The van der Waals surface area contributed by atoms with Crippen molar-refractivity contribution >= 4 is 5.78 Å². The summed E-state index contributed by atoms with van der Waals surface area (Å²) in [7, 11) is 0. The van der Waals surface area contributed by atoms with E-state index in [4.69, 9.17) is 0 Å². The third kappa shape index (κ3) is 2.13. The molecule has 18 heavy (non-hydrogen) atoms. The highest BCUT2D eigenvalue weighted by Crippen LogP contribution is 2.42. The Bertz CT molecular complexity index is 294. The molecule has 0 atom stereocenters. The summed E-state index contributed by atoms with van der Waals surface area (Å²) in [6.07, 6.45) is 13.7. The van der Waals surface area contributed by atoms with Gasteiger partial charge in [0.05, 0.1) is 5.54 Å². The Hall–Kier alpha value is -0.370. The van der Waals surface area contributed by atoms with E-state index in [9.17, 15) is 4.79 Å². The fourth-order valence-corrected chi connectivity index (χ4v) is 4.57. The van der Waals surface area contributed by atoms with Crippen LogP contribution in [0.5, 0.6) is 0 Å². The summed E-state index contributed by atoms with van der Waals surface area (Å²) in [5, 5.41) is 0. The Balaban J connectivity index is 1.78. The van der Waals surface area contributed by atoms with Crippen LogP contribution in [0, 0.1) is 5.92 Å². The number of likely N-dealkylation sites (tertiary alicyclic amines) is 1. The molecule has 0 aromatic carbocycles. The Morgan fingerprint density at radius 1 is 0.833 bits per heavy atom. The number of carbonyl (C=O) groups excluding carboxylic acids is 1. The van der Waals surface area contributed by atoms with Crippen molar-refractivity contribution in [2.45, 2.75) is 76.2 Å². The van der Waals surface area contributed by atoms with Gasteiger partial charge in [-0.15, -0.1) is 0 Å². The summed E-state index contributed by atoms with van der Waals surface area (Å²) >= 11 is 0. The zero-order chi connectivity index (χ0) is 12.4. The molecule has 2 aliphatic carbocycles. The number of Topliss-reactive ketones (excluding diaryl/α,β-unsaturated/α-hetero) is 1. The van der Waals surface area contributed by atoms with E-state index in [1.54, 1.807) is 0 Å². The average molecular weight is 249 g/mol. The molecule has 3 aliphatic rings. The average Bonchev–Trinajstić information content (AvgIpc) is 3.11. The number of hydrogen-bond donors (Lipinski definition) is 0. The number of carbonyl (C=O) groups is 1. The van der Waals surface area contributed by atoms with E-state index < -0.39 is 0 Å². The first-order chi connectivity index (χ1) is 8.83. The van der Waals surface area contributed by atoms with Gasteiger partial charge in [-0.2, -0.15) is 0 Å². The number of nitrogens with zero attached hydrogens (tertiary/aromatic N) is 1. The summed E-state index contributed by atoms with van der Waals surface area (Å²) in [4.78, 5) is 15.6. The molecule has 0 aromatic rings. The van der Waals surface area contributed by atoms with Crippen molar-refractivity contribution in [3.05, 3.63) is 0 Å². The lowest BCUT2D eigenvalue weighted by atomic mass is 9.81. The lowest BCUT2D eigenvalue weighted by Gasteiger charge is -2.43. The highest BCUT2D eigenvalue weighted by Gasteiger charge is 2.48. The molecule has 1 saturated heterocycles. The molecule has 0 radical (unpaired) electrons. The molecule has 0 aromatic heterocycles. The van der Waals surface area contributed by atoms with Crippen molar-refractivity contribution in [1.82, 2.24) is 4.90 Å². The van der Waals surface area contributed by atoms with Gasteiger partial charge < -0.3 is 0 Å². The van der Waals surface area contributed by atoms with Crippen LogP contribution in [-0.4, -0.2) is 29.3 Å². The zero-order valence-electron chi connectivity index (χ0n) is 11.6. The molecule has 2 heteroatoms. The van der Waals surface area contributed by atoms with Gasteiger partial charge in [0, 0.05) is 5.92 Å². The van der Waals surface area contributed by atoms with Crippen molar-refractivity contribution < 1.29 is 4.79 Å². The van der Waals surface area contributed by atoms with E-state index in [-0.39, 0.29) is 5.54 Å². The van der Waals surface area contributed by atoms with Gasteiger partial charge in [-0.25, -0.2) is 0 Å².